The van der Waals surface area contributed by atoms with Crippen molar-refractivity contribution < 1.29 is 19.5 Å². The summed E-state index contributed by atoms with van der Waals surface area (Å²) in [5.41, 5.74) is 0.534. The second kappa shape index (κ2) is 4.69. The van der Waals surface area contributed by atoms with Crippen LogP contribution in [-0.2, 0) is 14.4 Å². The Labute approximate surface area is 84.3 Å². The van der Waals surface area contributed by atoms with Gasteiger partial charge in [-0.05, 0) is 18.2 Å². The van der Waals surface area contributed by atoms with Crippen molar-refractivity contribution >= 4 is 29.3 Å². The number of hydrogen-bond donors (Lipinski definition) is 2. The second-order valence-corrected chi connectivity index (χ2v) is 2.51. The number of rotatable bonds is 2. The molecule has 6 nitrogen and oxygen atoms in total. The zero-order chi connectivity index (χ0) is 11.3. The number of nitrogens with one attached hydrogen (secondary N) is 1. The van der Waals surface area contributed by atoms with Crippen LogP contribution in [0.4, 0.5) is 11.4 Å². The first-order chi connectivity index (χ1) is 7.13. The summed E-state index contributed by atoms with van der Waals surface area (Å²) in [6, 6.07) is 5.87. The molecule has 0 aliphatic carbocycles. The summed E-state index contributed by atoms with van der Waals surface area (Å²) in [5, 5.41) is 10.4. The van der Waals surface area contributed by atoms with Crippen molar-refractivity contribution in [3.63, 3.8) is 0 Å². The Kier molecular flexibility index (Phi) is 3.32. The van der Waals surface area contributed by atoms with Gasteiger partial charge < -0.3 is 10.4 Å². The van der Waals surface area contributed by atoms with Gasteiger partial charge in [-0.15, -0.1) is 0 Å². The van der Waals surface area contributed by atoms with E-state index in [9.17, 15) is 14.4 Å². The van der Waals surface area contributed by atoms with Gasteiger partial charge in [0.1, 0.15) is 0 Å². The van der Waals surface area contributed by atoms with E-state index in [0.717, 1.165) is 0 Å². The summed E-state index contributed by atoms with van der Waals surface area (Å²) in [6.07, 6.45) is 1.33. The molecule has 1 aromatic carbocycles. The van der Waals surface area contributed by atoms with Crippen molar-refractivity contribution in [2.24, 2.45) is 4.99 Å². The Bertz CT molecular complexity index is 449. The highest BCUT2D eigenvalue weighted by Gasteiger charge is 2.10. The molecule has 2 N–H and O–H groups in total. The largest absolute Gasteiger partial charge is 0.474 e. The molecule has 1 rings (SSSR count). The number of carbonyl (C=O) groups excluding carboxylic acids is 2. The summed E-state index contributed by atoms with van der Waals surface area (Å²) >= 11 is 0. The zero-order valence-electron chi connectivity index (χ0n) is 7.43. The number of hydrogen-bond acceptors (Lipinski definition) is 4. The van der Waals surface area contributed by atoms with Crippen LogP contribution in [-0.4, -0.2) is 23.1 Å². The molecule has 0 fully saturated rings. The molecule has 0 spiro atoms. The van der Waals surface area contributed by atoms with E-state index in [1.165, 1.54) is 30.3 Å². The van der Waals surface area contributed by atoms with Gasteiger partial charge in [-0.25, -0.2) is 9.59 Å². The Morgan fingerprint density at radius 1 is 1.40 bits per heavy atom. The molecule has 6 heteroatoms. The smallest absolute Gasteiger partial charge is 0.394 e. The van der Waals surface area contributed by atoms with Crippen LogP contribution in [0.5, 0.6) is 0 Å². The predicted octanol–water partition coefficient (Wildman–Crippen LogP) is 0.677. The van der Waals surface area contributed by atoms with Gasteiger partial charge in [0.25, 0.3) is 0 Å². The van der Waals surface area contributed by atoms with Gasteiger partial charge in [-0.3, -0.25) is 4.79 Å². The van der Waals surface area contributed by atoms with E-state index < -0.39 is 11.9 Å². The Hall–Kier alpha value is -2.46. The van der Waals surface area contributed by atoms with Crippen LogP contribution in [0.2, 0.25) is 0 Å². The molecule has 0 saturated heterocycles. The Balaban J connectivity index is 2.86. The number of nitrogens with zero attached hydrogens (tertiary/aromatic N) is 1. The summed E-state index contributed by atoms with van der Waals surface area (Å²) < 4.78 is 0. The Morgan fingerprint density at radius 2 is 2.13 bits per heavy atom. The van der Waals surface area contributed by atoms with Crippen LogP contribution in [0.3, 0.4) is 0 Å². The average Bonchev–Trinajstić information content (AvgIpc) is 2.18. The number of carbonyl (C=O) groups is 2. The fourth-order valence-corrected chi connectivity index (χ4v) is 0.890. The molecular formula is C9H6N2O4. The molecule has 76 valence electrons. The summed E-state index contributed by atoms with van der Waals surface area (Å²) in [5.74, 6) is -2.73. The van der Waals surface area contributed by atoms with Crippen LogP contribution in [0.15, 0.2) is 29.3 Å². The van der Waals surface area contributed by atoms with Gasteiger partial charge >= 0.3 is 11.9 Å². The molecule has 15 heavy (non-hydrogen) atoms. The van der Waals surface area contributed by atoms with Crippen molar-refractivity contribution in [1.82, 2.24) is 0 Å². The highest BCUT2D eigenvalue weighted by molar-refractivity contribution is 6.36. The number of benzene rings is 1. The van der Waals surface area contributed by atoms with E-state index >= 15 is 0 Å². The first kappa shape index (κ1) is 10.6. The third kappa shape index (κ3) is 3.06. The van der Waals surface area contributed by atoms with Crippen molar-refractivity contribution in [2.75, 3.05) is 5.32 Å². The molecule has 1 aromatic rings. The van der Waals surface area contributed by atoms with Crippen LogP contribution in [0.25, 0.3) is 0 Å². The third-order valence-electron chi connectivity index (χ3n) is 1.47. The van der Waals surface area contributed by atoms with Gasteiger partial charge in [0.15, 0.2) is 0 Å². The van der Waals surface area contributed by atoms with Gasteiger partial charge in [0, 0.05) is 5.69 Å². The van der Waals surface area contributed by atoms with Crippen molar-refractivity contribution in [1.29, 1.82) is 0 Å². The molecule has 0 radical (unpaired) electrons. The lowest BCUT2D eigenvalue weighted by Gasteiger charge is -2.01. The van der Waals surface area contributed by atoms with Crippen molar-refractivity contribution in [2.45, 2.75) is 0 Å². The van der Waals surface area contributed by atoms with E-state index in [-0.39, 0.29) is 11.4 Å². The minimum absolute atomic E-state index is 0.249. The topological polar surface area (TPSA) is 95.8 Å². The minimum Gasteiger partial charge on any atom is -0.474 e. The monoisotopic (exact) mass is 206 g/mol. The maximum absolute atomic E-state index is 10.8. The number of anilines is 1. The molecule has 0 aromatic heterocycles. The van der Waals surface area contributed by atoms with Gasteiger partial charge in [-0.2, -0.15) is 4.99 Å². The first-order valence-electron chi connectivity index (χ1n) is 3.85. The molecular weight excluding hydrogens is 200 g/mol. The van der Waals surface area contributed by atoms with Gasteiger partial charge in [-0.1, -0.05) is 6.07 Å². The third-order valence-corrected chi connectivity index (χ3v) is 1.47. The second-order valence-electron chi connectivity index (χ2n) is 2.51. The fraction of sp³-hybridized carbons (Fsp3) is 0. The normalized spacial score (nSPS) is 8.80. The quantitative estimate of drug-likeness (QED) is 0.422. The van der Waals surface area contributed by atoms with E-state index in [0.29, 0.717) is 0 Å². The molecule has 0 aliphatic heterocycles. The lowest BCUT2D eigenvalue weighted by molar-refractivity contribution is -0.147. The molecule has 1 amide bonds. The minimum atomic E-state index is -1.58. The fourth-order valence-electron chi connectivity index (χ4n) is 0.890. The van der Waals surface area contributed by atoms with Crippen LogP contribution >= 0.6 is 0 Å². The molecule has 0 atom stereocenters. The number of amides is 1. The van der Waals surface area contributed by atoms with Crippen LogP contribution in [0, 0.1) is 0 Å². The molecule has 0 unspecified atom stereocenters. The average molecular weight is 206 g/mol. The van der Waals surface area contributed by atoms with Gasteiger partial charge in [0.2, 0.25) is 6.08 Å². The van der Waals surface area contributed by atoms with E-state index in [1.54, 1.807) is 0 Å². The zero-order valence-corrected chi connectivity index (χ0v) is 7.43. The molecule has 0 saturated carbocycles. The number of aliphatic carboxylic acids is 1. The van der Waals surface area contributed by atoms with E-state index in [2.05, 4.69) is 10.3 Å². The first-order valence-corrected chi connectivity index (χ1v) is 3.85. The number of carboxylic acids is 1. The molecule has 0 bridgehead atoms. The van der Waals surface area contributed by atoms with Crippen molar-refractivity contribution in [3.05, 3.63) is 24.3 Å². The highest BCUT2D eigenvalue weighted by Crippen LogP contribution is 2.16. The van der Waals surface area contributed by atoms with E-state index in [4.69, 9.17) is 5.11 Å². The molecule has 0 aliphatic rings. The summed E-state index contributed by atoms with van der Waals surface area (Å²) in [4.78, 5) is 34.2. The number of aliphatic imine (C=N–C) groups is 1. The SMILES string of the molecule is O=C=Nc1cccc(NC(=O)C(=O)O)c1. The lowest BCUT2D eigenvalue weighted by Crippen LogP contribution is -2.21. The van der Waals surface area contributed by atoms with Crippen LogP contribution < -0.4 is 5.32 Å². The maximum atomic E-state index is 10.8. The predicted molar refractivity (Wildman–Crippen MR) is 50.5 cm³/mol. The lowest BCUT2D eigenvalue weighted by atomic mass is 10.3. The summed E-state index contributed by atoms with van der Waals surface area (Å²) in [6.45, 7) is 0. The maximum Gasteiger partial charge on any atom is 0.394 e. The van der Waals surface area contributed by atoms with Crippen molar-refractivity contribution in [3.8, 4) is 0 Å². The van der Waals surface area contributed by atoms with E-state index in [1.807, 2.05) is 0 Å². The number of carboxylic acid groups (broad SMARTS) is 1. The standard InChI is InChI=1S/C9H6N2O4/c12-5-10-6-2-1-3-7(4-6)11-8(13)9(14)15/h1-4H,(H,11,13)(H,14,15). The van der Waals surface area contributed by atoms with Crippen LogP contribution in [0.1, 0.15) is 0 Å². The Morgan fingerprint density at radius 3 is 2.73 bits per heavy atom. The number of isocyanates is 1. The molecule has 0 heterocycles. The highest BCUT2D eigenvalue weighted by atomic mass is 16.4. The van der Waals surface area contributed by atoms with Gasteiger partial charge in [0.05, 0.1) is 5.69 Å². The summed E-state index contributed by atoms with van der Waals surface area (Å²) in [7, 11) is 0.